The lowest BCUT2D eigenvalue weighted by Gasteiger charge is -2.36. The monoisotopic (exact) mass is 544 g/mol. The van der Waals surface area contributed by atoms with Crippen molar-refractivity contribution in [2.75, 3.05) is 37.7 Å². The van der Waals surface area contributed by atoms with Gasteiger partial charge < -0.3 is 24.7 Å². The summed E-state index contributed by atoms with van der Waals surface area (Å²) in [5, 5.41) is 34.4. The quantitative estimate of drug-likeness (QED) is 0.364. The number of ether oxygens (including phenoxy) is 1. The number of piperazine rings is 1. The van der Waals surface area contributed by atoms with Crippen LogP contribution < -0.4 is 9.64 Å². The van der Waals surface area contributed by atoms with Gasteiger partial charge in [-0.2, -0.15) is 10.4 Å². The topological polar surface area (TPSA) is 127 Å². The number of benzene rings is 1. The summed E-state index contributed by atoms with van der Waals surface area (Å²) in [7, 11) is 0. The number of hydrogen-bond acceptors (Lipinski definition) is 8. The van der Waals surface area contributed by atoms with E-state index in [4.69, 9.17) is 4.74 Å². The van der Waals surface area contributed by atoms with Crippen LogP contribution in [0.25, 0.3) is 16.6 Å². The Hall–Kier alpha value is -4.53. The maximum atomic E-state index is 13.2. The predicted octanol–water partition coefficient (Wildman–Crippen LogP) is 2.94. The highest BCUT2D eigenvalue weighted by atomic mass is 19.1. The number of carbonyl (C=O) groups is 1. The van der Waals surface area contributed by atoms with E-state index in [0.29, 0.717) is 54.1 Å². The molecule has 4 heterocycles. The molecule has 1 fully saturated rings. The highest BCUT2D eigenvalue weighted by Crippen LogP contribution is 2.32. The minimum absolute atomic E-state index is 0.0803. The van der Waals surface area contributed by atoms with Crippen LogP contribution in [0.4, 0.5) is 10.2 Å². The van der Waals surface area contributed by atoms with E-state index in [-0.39, 0.29) is 6.61 Å². The number of halogens is 1. The number of aliphatic hydroxyl groups is 2. The fourth-order valence-electron chi connectivity index (χ4n) is 4.59. The fourth-order valence-corrected chi connectivity index (χ4v) is 4.59. The summed E-state index contributed by atoms with van der Waals surface area (Å²) in [6.45, 7) is 5.25. The number of nitriles is 1. The molecule has 0 saturated carbocycles. The molecule has 1 aliphatic rings. The molecule has 3 aromatic heterocycles. The number of carbonyl (C=O) groups excluding carboxylic acids is 1. The summed E-state index contributed by atoms with van der Waals surface area (Å²) in [6, 6.07) is 13.0. The Morgan fingerprint density at radius 3 is 2.50 bits per heavy atom. The molecule has 1 aliphatic heterocycles. The lowest BCUT2D eigenvalue weighted by atomic mass is 10.0. The smallest absolute Gasteiger partial charge is 0.256 e. The van der Waals surface area contributed by atoms with E-state index >= 15 is 0 Å². The molecule has 1 amide bonds. The number of pyridine rings is 2. The number of hydrogen-bond donors (Lipinski definition) is 2. The average molecular weight is 545 g/mol. The van der Waals surface area contributed by atoms with Crippen LogP contribution in [0, 0.1) is 17.1 Å². The van der Waals surface area contributed by atoms with Crippen molar-refractivity contribution in [3.63, 3.8) is 0 Å². The molecule has 4 aromatic rings. The molecule has 0 bridgehead atoms. The molecule has 1 unspecified atom stereocenters. The van der Waals surface area contributed by atoms with Crippen LogP contribution in [0.15, 0.2) is 61.1 Å². The number of anilines is 1. The molecule has 0 aliphatic carbocycles. The molecule has 2 N–H and O–H groups in total. The third-order valence-corrected chi connectivity index (χ3v) is 6.69. The predicted molar refractivity (Wildman–Crippen MR) is 145 cm³/mol. The first-order valence-corrected chi connectivity index (χ1v) is 12.8. The number of aromatic nitrogens is 3. The zero-order valence-electron chi connectivity index (χ0n) is 22.2. The van der Waals surface area contributed by atoms with Crippen molar-refractivity contribution < 1.29 is 24.1 Å². The fraction of sp³-hybridized carbons (Fsp3) is 0.310. The van der Waals surface area contributed by atoms with Gasteiger partial charge in [0.05, 0.1) is 29.1 Å². The molecule has 0 spiro atoms. The van der Waals surface area contributed by atoms with Gasteiger partial charge in [-0.15, -0.1) is 0 Å². The van der Waals surface area contributed by atoms with Gasteiger partial charge in [0.2, 0.25) is 0 Å². The maximum absolute atomic E-state index is 13.2. The van der Waals surface area contributed by atoms with Crippen LogP contribution in [0.3, 0.4) is 0 Å². The van der Waals surface area contributed by atoms with Crippen LogP contribution >= 0.6 is 0 Å². The van der Waals surface area contributed by atoms with Crippen molar-refractivity contribution in [1.82, 2.24) is 19.5 Å². The largest absolute Gasteiger partial charge is 0.489 e. The van der Waals surface area contributed by atoms with Crippen LogP contribution in [0.5, 0.6) is 5.75 Å². The third-order valence-electron chi connectivity index (χ3n) is 6.69. The standard InChI is InChI=1S/C29H29FN6O4/c1-29(2,39)18-40-23-13-24(26-21(14-31)16-33-36(26)17-23)20-5-8-25(32-15-20)34-9-11-35(12-10-34)28(38)27(37)19-3-6-22(30)7-4-19/h3-8,13,15-17,27,37,39H,9-12,18H2,1-2H3. The van der Waals surface area contributed by atoms with Crippen LogP contribution in [0.1, 0.15) is 31.1 Å². The first-order chi connectivity index (χ1) is 19.1. The van der Waals surface area contributed by atoms with E-state index in [9.17, 15) is 24.7 Å². The molecular weight excluding hydrogens is 515 g/mol. The lowest BCUT2D eigenvalue weighted by Crippen LogP contribution is -2.50. The molecule has 10 nitrogen and oxygen atoms in total. The Kier molecular flexibility index (Phi) is 7.38. The highest BCUT2D eigenvalue weighted by molar-refractivity contribution is 5.85. The van der Waals surface area contributed by atoms with Gasteiger partial charge in [-0.1, -0.05) is 12.1 Å². The molecule has 206 valence electrons. The number of rotatable bonds is 7. The second kappa shape index (κ2) is 10.9. The van der Waals surface area contributed by atoms with Crippen LogP contribution in [-0.2, 0) is 4.79 Å². The van der Waals surface area contributed by atoms with Crippen molar-refractivity contribution in [2.24, 2.45) is 0 Å². The van der Waals surface area contributed by atoms with Gasteiger partial charge in [0.25, 0.3) is 5.91 Å². The van der Waals surface area contributed by atoms with Crippen molar-refractivity contribution in [1.29, 1.82) is 5.26 Å². The average Bonchev–Trinajstić information content (AvgIpc) is 3.38. The molecule has 1 aromatic carbocycles. The van der Waals surface area contributed by atoms with Crippen molar-refractivity contribution in [3.05, 3.63) is 78.0 Å². The summed E-state index contributed by atoms with van der Waals surface area (Å²) in [4.78, 5) is 21.1. The molecule has 40 heavy (non-hydrogen) atoms. The Labute approximate surface area is 230 Å². The minimum atomic E-state index is -1.34. The zero-order valence-corrected chi connectivity index (χ0v) is 22.2. The highest BCUT2D eigenvalue weighted by Gasteiger charge is 2.28. The maximum Gasteiger partial charge on any atom is 0.256 e. The van der Waals surface area contributed by atoms with E-state index in [1.807, 2.05) is 12.1 Å². The first-order valence-electron chi connectivity index (χ1n) is 12.8. The van der Waals surface area contributed by atoms with Gasteiger partial charge in [-0.25, -0.2) is 13.9 Å². The summed E-state index contributed by atoms with van der Waals surface area (Å²) in [6.07, 6.45) is 3.54. The van der Waals surface area contributed by atoms with Gasteiger partial charge in [-0.3, -0.25) is 4.79 Å². The van der Waals surface area contributed by atoms with E-state index in [1.165, 1.54) is 30.5 Å². The van der Waals surface area contributed by atoms with E-state index < -0.39 is 23.4 Å². The van der Waals surface area contributed by atoms with Crippen molar-refractivity contribution in [2.45, 2.75) is 25.6 Å². The Balaban J connectivity index is 1.30. The lowest BCUT2D eigenvalue weighted by molar-refractivity contribution is -0.140. The van der Waals surface area contributed by atoms with Crippen LogP contribution in [0.2, 0.25) is 0 Å². The third kappa shape index (κ3) is 5.73. The first kappa shape index (κ1) is 27.1. The molecule has 11 heteroatoms. The number of fused-ring (bicyclic) bond motifs is 1. The number of nitrogens with zero attached hydrogens (tertiary/aromatic N) is 6. The van der Waals surface area contributed by atoms with Crippen molar-refractivity contribution >= 4 is 17.2 Å². The van der Waals surface area contributed by atoms with Gasteiger partial charge in [0.1, 0.15) is 30.1 Å². The van der Waals surface area contributed by atoms with Crippen LogP contribution in [-0.4, -0.2) is 74.0 Å². The Morgan fingerprint density at radius 1 is 1.15 bits per heavy atom. The summed E-state index contributed by atoms with van der Waals surface area (Å²) in [5.41, 5.74) is 1.85. The Bertz CT molecular complexity index is 1550. The molecule has 0 radical (unpaired) electrons. The second-order valence-electron chi connectivity index (χ2n) is 10.3. The van der Waals surface area contributed by atoms with Crippen molar-refractivity contribution in [3.8, 4) is 22.9 Å². The normalized spacial score (nSPS) is 14.7. The van der Waals surface area contributed by atoms with Gasteiger partial charge in [0.15, 0.2) is 6.10 Å². The molecular formula is C29H29FN6O4. The molecule has 1 atom stereocenters. The van der Waals surface area contributed by atoms with E-state index in [0.717, 1.165) is 11.4 Å². The number of aliphatic hydroxyl groups excluding tert-OH is 1. The minimum Gasteiger partial charge on any atom is -0.489 e. The zero-order chi connectivity index (χ0) is 28.4. The summed E-state index contributed by atoms with van der Waals surface area (Å²) < 4.78 is 20.6. The second-order valence-corrected chi connectivity index (χ2v) is 10.3. The van der Waals surface area contributed by atoms with E-state index in [1.54, 1.807) is 41.7 Å². The molecule has 1 saturated heterocycles. The van der Waals surface area contributed by atoms with E-state index in [2.05, 4.69) is 21.1 Å². The summed E-state index contributed by atoms with van der Waals surface area (Å²) in [5.74, 6) is 0.376. The SMILES string of the molecule is CC(C)(O)COc1cc(-c2ccc(N3CCN(C(=O)C(O)c4ccc(F)cc4)CC3)nc2)c2c(C#N)cnn2c1. The van der Waals surface area contributed by atoms with Gasteiger partial charge in [0, 0.05) is 43.5 Å². The Morgan fingerprint density at radius 2 is 1.88 bits per heavy atom. The van der Waals surface area contributed by atoms with Gasteiger partial charge in [-0.05, 0) is 49.7 Å². The summed E-state index contributed by atoms with van der Waals surface area (Å²) >= 11 is 0. The van der Waals surface area contributed by atoms with Gasteiger partial charge >= 0.3 is 0 Å². The number of amides is 1. The molecule has 5 rings (SSSR count).